The van der Waals surface area contributed by atoms with E-state index in [0.717, 1.165) is 24.0 Å². The van der Waals surface area contributed by atoms with Crippen molar-refractivity contribution >= 4 is 35.3 Å². The summed E-state index contributed by atoms with van der Waals surface area (Å²) in [6.45, 7) is 6.90. The molecule has 3 saturated carbocycles. The van der Waals surface area contributed by atoms with E-state index in [1.54, 1.807) is 44.2 Å². The highest BCUT2D eigenvalue weighted by atomic mass is 16.5. The van der Waals surface area contributed by atoms with Crippen LogP contribution in [0.2, 0.25) is 0 Å². The molecule has 284 valence electrons. The molecule has 2 amide bonds. The Kier molecular flexibility index (Phi) is 11.8. The maximum atomic E-state index is 13.6. The van der Waals surface area contributed by atoms with E-state index in [0.29, 0.717) is 19.3 Å². The number of aliphatic carboxylic acids is 1. The number of carboxylic acids is 1. The number of carboxylic acid groups (broad SMARTS) is 1. The molecule has 1 aromatic carbocycles. The van der Waals surface area contributed by atoms with E-state index in [-0.39, 0.29) is 73.5 Å². The molecule has 0 aromatic heterocycles. The molecule has 4 aliphatic rings. The Hall–Kier alpha value is -3.90. The van der Waals surface area contributed by atoms with Crippen LogP contribution in [0.25, 0.3) is 0 Å². The van der Waals surface area contributed by atoms with Crippen LogP contribution in [0.3, 0.4) is 0 Å². The van der Waals surface area contributed by atoms with Gasteiger partial charge in [-0.15, -0.1) is 0 Å². The molecule has 0 unspecified atom stereocenters. The molecule has 5 rings (SSSR count). The number of fused-ring (bicyclic) bond motifs is 5. The van der Waals surface area contributed by atoms with E-state index in [1.807, 2.05) is 13.0 Å². The number of aliphatic hydroxyl groups excluding tert-OH is 1. The molecule has 0 spiro atoms. The number of hydrogen-bond acceptors (Lipinski definition) is 9. The smallest absolute Gasteiger partial charge is 0.306 e. The Morgan fingerprint density at radius 2 is 1.71 bits per heavy atom. The SMILES string of the molecule is CC(C)[C@H](NC(=O)CCC(=O)OCC(=O)[C@@]1(O)CC[C@H]2[C@@H]3CCC4=CC(=O)CC[C@]4(C)[C@H]3[C@@H](O)C[C@@]21C)C(=O)NC[C@H](CC(=O)O)c1ccccc1. The number of carbonyl (C=O) groups excluding carboxylic acids is 5. The summed E-state index contributed by atoms with van der Waals surface area (Å²) in [5, 5.41) is 38.3. The second-order valence-corrected chi connectivity index (χ2v) is 16.3. The summed E-state index contributed by atoms with van der Waals surface area (Å²) >= 11 is 0. The van der Waals surface area contributed by atoms with Gasteiger partial charge in [0.2, 0.25) is 17.6 Å². The second-order valence-electron chi connectivity index (χ2n) is 16.3. The first-order valence-electron chi connectivity index (χ1n) is 18.7. The monoisotopic (exact) mass is 722 g/mol. The fourth-order valence-electron chi connectivity index (χ4n) is 10.1. The second kappa shape index (κ2) is 15.6. The third-order valence-corrected chi connectivity index (χ3v) is 12.9. The van der Waals surface area contributed by atoms with Crippen LogP contribution in [0.15, 0.2) is 42.0 Å². The summed E-state index contributed by atoms with van der Waals surface area (Å²) < 4.78 is 5.27. The zero-order valence-electron chi connectivity index (χ0n) is 30.7. The molecule has 12 nitrogen and oxygen atoms in total. The average molecular weight is 723 g/mol. The van der Waals surface area contributed by atoms with Crippen LogP contribution in [0.1, 0.15) is 103 Å². The van der Waals surface area contributed by atoms with Crippen molar-refractivity contribution in [3.63, 3.8) is 0 Å². The van der Waals surface area contributed by atoms with Gasteiger partial charge in [0, 0.05) is 30.7 Å². The number of ether oxygens (including phenoxy) is 1. The van der Waals surface area contributed by atoms with Gasteiger partial charge in [0.05, 0.1) is 18.9 Å². The highest BCUT2D eigenvalue weighted by Crippen LogP contribution is 2.67. The molecular weight excluding hydrogens is 668 g/mol. The number of ketones is 2. The lowest BCUT2D eigenvalue weighted by molar-refractivity contribution is -0.184. The van der Waals surface area contributed by atoms with E-state index in [2.05, 4.69) is 17.6 Å². The molecule has 0 radical (unpaired) electrons. The number of esters is 1. The normalized spacial score (nSPS) is 32.0. The number of nitrogens with one attached hydrogen (secondary N) is 2. The predicted molar refractivity (Wildman–Crippen MR) is 189 cm³/mol. The quantitative estimate of drug-likeness (QED) is 0.177. The first-order chi connectivity index (χ1) is 24.5. The number of aliphatic hydroxyl groups is 2. The number of allylic oxidation sites excluding steroid dienone is 1. The van der Waals surface area contributed by atoms with Crippen LogP contribution in [-0.2, 0) is 33.5 Å². The van der Waals surface area contributed by atoms with Crippen molar-refractivity contribution in [2.24, 2.45) is 34.5 Å². The van der Waals surface area contributed by atoms with Crippen LogP contribution >= 0.6 is 0 Å². The topological polar surface area (TPSA) is 196 Å². The molecule has 5 N–H and O–H groups in total. The predicted octanol–water partition coefficient (Wildman–Crippen LogP) is 3.63. The van der Waals surface area contributed by atoms with Crippen LogP contribution in [0.5, 0.6) is 0 Å². The number of Topliss-reactive ketones (excluding diaryl/α,β-unsaturated/α-hetero) is 1. The van der Waals surface area contributed by atoms with Crippen LogP contribution < -0.4 is 10.6 Å². The van der Waals surface area contributed by atoms with Crippen molar-refractivity contribution in [1.82, 2.24) is 10.6 Å². The van der Waals surface area contributed by atoms with Crippen LogP contribution in [-0.4, -0.2) is 81.5 Å². The molecule has 0 heterocycles. The van der Waals surface area contributed by atoms with E-state index in [1.165, 1.54) is 0 Å². The summed E-state index contributed by atoms with van der Waals surface area (Å²) in [6.07, 6.45) is 3.86. The maximum absolute atomic E-state index is 13.6. The lowest BCUT2D eigenvalue weighted by Crippen LogP contribution is -2.62. The number of rotatable bonds is 14. The molecule has 0 bridgehead atoms. The van der Waals surface area contributed by atoms with E-state index in [4.69, 9.17) is 4.74 Å². The van der Waals surface area contributed by atoms with Crippen molar-refractivity contribution in [1.29, 1.82) is 0 Å². The molecular formula is C40H54N2O10. The highest BCUT2D eigenvalue weighted by molar-refractivity contribution is 5.93. The van der Waals surface area contributed by atoms with Crippen molar-refractivity contribution in [3.05, 3.63) is 47.5 Å². The molecule has 52 heavy (non-hydrogen) atoms. The minimum absolute atomic E-state index is 0.0160. The van der Waals surface area contributed by atoms with Gasteiger partial charge in [0.25, 0.3) is 0 Å². The molecule has 4 aliphatic carbocycles. The molecule has 9 atom stereocenters. The fraction of sp³-hybridized carbons (Fsp3) is 0.650. The number of benzene rings is 1. The number of amides is 2. The Balaban J connectivity index is 1.12. The van der Waals surface area contributed by atoms with Crippen LogP contribution in [0.4, 0.5) is 0 Å². The minimum Gasteiger partial charge on any atom is -0.481 e. The maximum Gasteiger partial charge on any atom is 0.306 e. The van der Waals surface area contributed by atoms with Gasteiger partial charge in [0.1, 0.15) is 11.6 Å². The van der Waals surface area contributed by atoms with Gasteiger partial charge in [-0.3, -0.25) is 28.8 Å². The van der Waals surface area contributed by atoms with Crippen molar-refractivity contribution in [2.45, 2.75) is 116 Å². The summed E-state index contributed by atoms with van der Waals surface area (Å²) in [5.74, 6) is -4.12. The van der Waals surface area contributed by atoms with Gasteiger partial charge in [-0.1, -0.05) is 63.6 Å². The van der Waals surface area contributed by atoms with Gasteiger partial charge in [-0.2, -0.15) is 0 Å². The van der Waals surface area contributed by atoms with Gasteiger partial charge < -0.3 is 30.7 Å². The zero-order valence-corrected chi connectivity index (χ0v) is 30.7. The van der Waals surface area contributed by atoms with E-state index in [9.17, 15) is 44.1 Å². The summed E-state index contributed by atoms with van der Waals surface area (Å²) in [6, 6.07) is 8.04. The molecule has 0 saturated heterocycles. The van der Waals surface area contributed by atoms with Gasteiger partial charge >= 0.3 is 11.9 Å². The Labute approximate surface area is 305 Å². The van der Waals surface area contributed by atoms with Gasteiger partial charge in [0.15, 0.2) is 12.4 Å². The van der Waals surface area contributed by atoms with Crippen LogP contribution in [0, 0.1) is 34.5 Å². The first kappa shape index (κ1) is 39.3. The van der Waals surface area contributed by atoms with Gasteiger partial charge in [-0.05, 0) is 79.3 Å². The lowest BCUT2D eigenvalue weighted by Gasteiger charge is -2.60. The Morgan fingerprint density at radius 1 is 1.00 bits per heavy atom. The number of carbonyl (C=O) groups is 6. The Morgan fingerprint density at radius 3 is 2.38 bits per heavy atom. The molecule has 12 heteroatoms. The summed E-state index contributed by atoms with van der Waals surface area (Å²) in [7, 11) is 0. The molecule has 1 aromatic rings. The molecule has 3 fully saturated rings. The lowest BCUT2D eigenvalue weighted by atomic mass is 9.45. The Bertz CT molecular complexity index is 1590. The zero-order chi connectivity index (χ0) is 38.0. The van der Waals surface area contributed by atoms with E-state index < -0.39 is 65.2 Å². The fourth-order valence-corrected chi connectivity index (χ4v) is 10.1. The summed E-state index contributed by atoms with van der Waals surface area (Å²) in [4.78, 5) is 75.8. The average Bonchev–Trinajstić information content (AvgIpc) is 3.37. The third kappa shape index (κ3) is 7.74. The number of hydrogen-bond donors (Lipinski definition) is 5. The first-order valence-corrected chi connectivity index (χ1v) is 18.7. The van der Waals surface area contributed by atoms with Crippen molar-refractivity contribution < 1.29 is 48.8 Å². The van der Waals surface area contributed by atoms with E-state index >= 15 is 0 Å². The highest BCUT2D eigenvalue weighted by Gasteiger charge is 2.68. The standard InChI is InChI=1S/C40H54N2O10/c1-23(2)36(37(50)41-21-25(18-33(47)48)24-8-6-5-7-9-24)42-32(46)12-13-34(49)52-22-31(45)40(51)17-15-29-28-11-10-26-19-27(43)14-16-38(26,3)35(28)30(44)20-39(29,40)4/h5-9,19,23,25,28-30,35-36,44,51H,10-18,20-22H2,1-4H3,(H,41,50)(H,42,46)(H,47,48)/t25-,28-,29-,30-,35+,36-,38-,39-,40-/m0/s1. The van der Waals surface area contributed by atoms with Crippen molar-refractivity contribution in [2.75, 3.05) is 13.2 Å². The summed E-state index contributed by atoms with van der Waals surface area (Å²) in [5.41, 5.74) is -1.13. The largest absolute Gasteiger partial charge is 0.481 e. The molecule has 0 aliphatic heterocycles. The van der Waals surface area contributed by atoms with Gasteiger partial charge in [-0.25, -0.2) is 0 Å². The third-order valence-electron chi connectivity index (χ3n) is 12.9. The minimum atomic E-state index is -1.79. The van der Waals surface area contributed by atoms with Crippen molar-refractivity contribution in [3.8, 4) is 0 Å².